The van der Waals surface area contributed by atoms with E-state index in [4.69, 9.17) is 9.15 Å². The molecule has 1 aromatic heterocycles. The average Bonchev–Trinajstić information content (AvgIpc) is 2.80. The lowest BCUT2D eigenvalue weighted by Gasteiger charge is -2.30. The van der Waals surface area contributed by atoms with Gasteiger partial charge in [-0.25, -0.2) is 0 Å². The summed E-state index contributed by atoms with van der Waals surface area (Å²) in [6, 6.07) is 3.84. The molecule has 1 N–H and O–H groups in total. The van der Waals surface area contributed by atoms with Crippen LogP contribution in [0.5, 0.6) is 0 Å². The van der Waals surface area contributed by atoms with Crippen molar-refractivity contribution in [1.82, 2.24) is 5.32 Å². The molecule has 1 heterocycles. The van der Waals surface area contributed by atoms with Crippen LogP contribution in [-0.4, -0.2) is 24.9 Å². The van der Waals surface area contributed by atoms with Crippen LogP contribution in [0, 0.1) is 0 Å². The van der Waals surface area contributed by atoms with Crippen LogP contribution in [0.15, 0.2) is 21.2 Å². The van der Waals surface area contributed by atoms with Gasteiger partial charge in [0.1, 0.15) is 12.4 Å². The van der Waals surface area contributed by atoms with Crippen LogP contribution in [0.25, 0.3) is 0 Å². The first-order chi connectivity index (χ1) is 9.42. The molecule has 0 aliphatic heterocycles. The minimum atomic E-state index is -4.25. The zero-order chi connectivity index (χ0) is 14.6. The zero-order valence-corrected chi connectivity index (χ0v) is 12.5. The van der Waals surface area contributed by atoms with E-state index in [-0.39, 0.29) is 12.1 Å². The zero-order valence-electron chi connectivity index (χ0n) is 10.9. The Morgan fingerprint density at radius 1 is 1.35 bits per heavy atom. The normalized spacial score (nSPS) is 24.0. The predicted octanol–water partition coefficient (Wildman–Crippen LogP) is 4.02. The van der Waals surface area contributed by atoms with Crippen molar-refractivity contribution in [2.75, 3.05) is 6.61 Å². The van der Waals surface area contributed by atoms with Crippen LogP contribution in [0.2, 0.25) is 0 Å². The van der Waals surface area contributed by atoms with Gasteiger partial charge in [0.25, 0.3) is 0 Å². The van der Waals surface area contributed by atoms with Gasteiger partial charge in [-0.2, -0.15) is 13.2 Å². The Bertz CT molecular complexity index is 422. The maximum absolute atomic E-state index is 12.1. The standard InChI is InChI=1S/C13H17BrF3NO2/c14-12-5-4-11(20-12)7-18-9-2-1-3-10(6-9)19-8-13(15,16)17/h4-5,9-10,18H,1-3,6-8H2. The Balaban J connectivity index is 1.73. The molecular formula is C13H17BrF3NO2. The fraction of sp³-hybridized carbons (Fsp3) is 0.692. The van der Waals surface area contributed by atoms with Crippen LogP contribution in [0.3, 0.4) is 0 Å². The quantitative estimate of drug-likeness (QED) is 0.865. The number of nitrogens with one attached hydrogen (secondary N) is 1. The molecule has 7 heteroatoms. The Labute approximate surface area is 124 Å². The molecule has 1 aliphatic carbocycles. The van der Waals surface area contributed by atoms with Crippen molar-refractivity contribution >= 4 is 15.9 Å². The van der Waals surface area contributed by atoms with E-state index in [1.165, 1.54) is 0 Å². The minimum absolute atomic E-state index is 0.172. The molecule has 1 aliphatic rings. The second-order valence-corrected chi connectivity index (χ2v) is 5.78. The largest absolute Gasteiger partial charge is 0.453 e. The van der Waals surface area contributed by atoms with Crippen molar-refractivity contribution in [3.05, 3.63) is 22.6 Å². The highest BCUT2D eigenvalue weighted by molar-refractivity contribution is 9.10. The Morgan fingerprint density at radius 3 is 2.80 bits per heavy atom. The maximum atomic E-state index is 12.1. The number of alkyl halides is 3. The van der Waals surface area contributed by atoms with E-state index in [1.807, 2.05) is 12.1 Å². The van der Waals surface area contributed by atoms with Gasteiger partial charge in [0.2, 0.25) is 0 Å². The van der Waals surface area contributed by atoms with E-state index < -0.39 is 12.8 Å². The second kappa shape index (κ2) is 6.95. The fourth-order valence-electron chi connectivity index (χ4n) is 2.39. The van der Waals surface area contributed by atoms with Crippen LogP contribution < -0.4 is 5.32 Å². The molecule has 0 aromatic carbocycles. The molecule has 1 fully saturated rings. The van der Waals surface area contributed by atoms with Gasteiger partial charge in [-0.3, -0.25) is 0 Å². The number of rotatable bonds is 5. The molecule has 20 heavy (non-hydrogen) atoms. The topological polar surface area (TPSA) is 34.4 Å². The smallest absolute Gasteiger partial charge is 0.411 e. The third-order valence-electron chi connectivity index (χ3n) is 3.30. The lowest BCUT2D eigenvalue weighted by atomic mass is 9.93. The van der Waals surface area contributed by atoms with E-state index in [2.05, 4.69) is 21.2 Å². The monoisotopic (exact) mass is 355 g/mol. The summed E-state index contributed by atoms with van der Waals surface area (Å²) in [4.78, 5) is 0. The molecule has 0 radical (unpaired) electrons. The second-order valence-electron chi connectivity index (χ2n) is 5.00. The van der Waals surface area contributed by atoms with Gasteiger partial charge in [-0.1, -0.05) is 0 Å². The molecular weight excluding hydrogens is 339 g/mol. The summed E-state index contributed by atoms with van der Waals surface area (Å²) >= 11 is 3.23. The molecule has 114 valence electrons. The summed E-state index contributed by atoms with van der Waals surface area (Å²) in [6.07, 6.45) is -1.43. The van der Waals surface area contributed by atoms with Crippen molar-refractivity contribution in [1.29, 1.82) is 0 Å². The maximum Gasteiger partial charge on any atom is 0.411 e. The number of ether oxygens (including phenoxy) is 1. The highest BCUT2D eigenvalue weighted by Crippen LogP contribution is 2.24. The summed E-state index contributed by atoms with van der Waals surface area (Å²) in [6.45, 7) is -0.586. The summed E-state index contributed by atoms with van der Waals surface area (Å²) in [5.74, 6) is 0.801. The molecule has 0 amide bonds. The van der Waals surface area contributed by atoms with Crippen molar-refractivity contribution in [2.24, 2.45) is 0 Å². The molecule has 0 bridgehead atoms. The number of halogens is 4. The summed E-state index contributed by atoms with van der Waals surface area (Å²) in [5.41, 5.74) is 0. The minimum Gasteiger partial charge on any atom is -0.453 e. The van der Waals surface area contributed by atoms with Gasteiger partial charge in [0, 0.05) is 6.04 Å². The van der Waals surface area contributed by atoms with Gasteiger partial charge in [-0.05, 0) is 53.7 Å². The molecule has 2 atom stereocenters. The summed E-state index contributed by atoms with van der Waals surface area (Å²) < 4.78 is 47.3. The predicted molar refractivity (Wildman–Crippen MR) is 71.3 cm³/mol. The molecule has 1 saturated carbocycles. The molecule has 3 nitrogen and oxygen atoms in total. The Hall–Kier alpha value is -0.530. The highest BCUT2D eigenvalue weighted by Gasteiger charge is 2.31. The van der Waals surface area contributed by atoms with Crippen molar-refractivity contribution in [3.8, 4) is 0 Å². The van der Waals surface area contributed by atoms with Gasteiger partial charge < -0.3 is 14.5 Å². The molecule has 2 unspecified atom stereocenters. The van der Waals surface area contributed by atoms with Gasteiger partial charge in [0.15, 0.2) is 4.67 Å². The van der Waals surface area contributed by atoms with Crippen LogP contribution in [0.4, 0.5) is 13.2 Å². The Morgan fingerprint density at radius 2 is 2.15 bits per heavy atom. The van der Waals surface area contributed by atoms with E-state index >= 15 is 0 Å². The fourth-order valence-corrected chi connectivity index (χ4v) is 2.73. The first kappa shape index (κ1) is 15.9. The summed E-state index contributed by atoms with van der Waals surface area (Å²) in [5, 5.41) is 3.30. The summed E-state index contributed by atoms with van der Waals surface area (Å²) in [7, 11) is 0. The van der Waals surface area contributed by atoms with Gasteiger partial charge in [0.05, 0.1) is 12.6 Å². The SMILES string of the molecule is FC(F)(F)COC1CCCC(NCc2ccc(Br)o2)C1. The first-order valence-corrected chi connectivity index (χ1v) is 7.37. The van der Waals surface area contributed by atoms with E-state index in [1.54, 1.807) is 0 Å². The first-order valence-electron chi connectivity index (χ1n) is 6.58. The Kier molecular flexibility index (Phi) is 5.51. The number of furan rings is 1. The van der Waals surface area contributed by atoms with Crippen LogP contribution >= 0.6 is 15.9 Å². The van der Waals surface area contributed by atoms with E-state index in [9.17, 15) is 13.2 Å². The third-order valence-corrected chi connectivity index (χ3v) is 3.73. The number of hydrogen-bond acceptors (Lipinski definition) is 3. The van der Waals surface area contributed by atoms with Crippen molar-refractivity contribution < 1.29 is 22.3 Å². The van der Waals surface area contributed by atoms with Crippen molar-refractivity contribution in [2.45, 2.75) is 50.6 Å². The molecule has 0 spiro atoms. The van der Waals surface area contributed by atoms with Crippen LogP contribution in [-0.2, 0) is 11.3 Å². The number of hydrogen-bond donors (Lipinski definition) is 1. The van der Waals surface area contributed by atoms with E-state index in [0.717, 1.165) is 18.6 Å². The molecule has 0 saturated heterocycles. The van der Waals surface area contributed by atoms with E-state index in [0.29, 0.717) is 24.1 Å². The lowest BCUT2D eigenvalue weighted by Crippen LogP contribution is -2.37. The van der Waals surface area contributed by atoms with Gasteiger partial charge >= 0.3 is 6.18 Å². The van der Waals surface area contributed by atoms with Crippen LogP contribution in [0.1, 0.15) is 31.4 Å². The highest BCUT2D eigenvalue weighted by atomic mass is 79.9. The third kappa shape index (κ3) is 5.46. The average molecular weight is 356 g/mol. The molecule has 2 rings (SSSR count). The molecule has 1 aromatic rings. The lowest BCUT2D eigenvalue weighted by molar-refractivity contribution is -0.188. The van der Waals surface area contributed by atoms with Gasteiger partial charge in [-0.15, -0.1) is 0 Å². The van der Waals surface area contributed by atoms with Crippen molar-refractivity contribution in [3.63, 3.8) is 0 Å².